The zero-order valence-electron chi connectivity index (χ0n) is 7.86. The summed E-state index contributed by atoms with van der Waals surface area (Å²) < 4.78 is 0.498. The van der Waals surface area contributed by atoms with Crippen molar-refractivity contribution in [1.29, 1.82) is 0 Å². The molecule has 0 saturated carbocycles. The molecular weight excluding hydrogens is 331 g/mol. The molecule has 1 atom stereocenters. The Labute approximate surface area is 104 Å². The van der Waals surface area contributed by atoms with Gasteiger partial charge in [-0.15, -0.1) is 11.8 Å². The van der Waals surface area contributed by atoms with Crippen LogP contribution in [0.1, 0.15) is 6.92 Å². The zero-order chi connectivity index (χ0) is 11.4. The molecule has 0 spiro atoms. The number of nitrogens with one attached hydrogen (secondary N) is 1. The maximum absolute atomic E-state index is 11.2. The lowest BCUT2D eigenvalue weighted by molar-refractivity contribution is -0.140. The molecule has 1 heterocycles. The van der Waals surface area contributed by atoms with E-state index in [-0.39, 0.29) is 5.56 Å². The summed E-state index contributed by atoms with van der Waals surface area (Å²) >= 11 is 3.17. The molecule has 0 fully saturated rings. The SMILES string of the molecule is CC(CSc1nc[nH]c(=O)c1I)C(=O)O. The average molecular weight is 340 g/mol. The van der Waals surface area contributed by atoms with E-state index in [1.807, 2.05) is 22.6 Å². The van der Waals surface area contributed by atoms with E-state index in [4.69, 9.17) is 5.11 Å². The summed E-state index contributed by atoms with van der Waals surface area (Å²) in [4.78, 5) is 28.2. The third-order valence-electron chi connectivity index (χ3n) is 1.66. The van der Waals surface area contributed by atoms with Gasteiger partial charge in [0.25, 0.3) is 5.56 Å². The van der Waals surface area contributed by atoms with E-state index in [9.17, 15) is 9.59 Å². The van der Waals surface area contributed by atoms with E-state index in [0.717, 1.165) is 0 Å². The standard InChI is InChI=1S/C8H9IN2O3S/c1-4(8(13)14)2-15-7-5(9)6(12)10-3-11-7/h3-4H,2H2,1H3,(H,13,14)(H,10,11,12). The second kappa shape index (κ2) is 5.50. The van der Waals surface area contributed by atoms with Gasteiger partial charge in [0.1, 0.15) is 8.60 Å². The highest BCUT2D eigenvalue weighted by molar-refractivity contribution is 14.1. The van der Waals surface area contributed by atoms with Gasteiger partial charge in [-0.1, -0.05) is 6.92 Å². The van der Waals surface area contributed by atoms with Crippen LogP contribution in [-0.4, -0.2) is 26.8 Å². The first-order valence-electron chi connectivity index (χ1n) is 4.11. The molecule has 0 aliphatic carbocycles. The second-order valence-electron chi connectivity index (χ2n) is 2.90. The number of aromatic amines is 1. The summed E-state index contributed by atoms with van der Waals surface area (Å²) in [5, 5.41) is 9.26. The van der Waals surface area contributed by atoms with Crippen molar-refractivity contribution in [2.24, 2.45) is 5.92 Å². The Hall–Kier alpha value is -0.570. The van der Waals surface area contributed by atoms with Gasteiger partial charge >= 0.3 is 5.97 Å². The van der Waals surface area contributed by atoms with Crippen LogP contribution >= 0.6 is 34.4 Å². The Bertz CT molecular complexity index is 421. The maximum Gasteiger partial charge on any atom is 0.307 e. The van der Waals surface area contributed by atoms with Crippen molar-refractivity contribution < 1.29 is 9.90 Å². The van der Waals surface area contributed by atoms with Crippen LogP contribution in [0.15, 0.2) is 16.1 Å². The smallest absolute Gasteiger partial charge is 0.307 e. The van der Waals surface area contributed by atoms with Crippen molar-refractivity contribution in [3.8, 4) is 0 Å². The van der Waals surface area contributed by atoms with E-state index in [1.54, 1.807) is 6.92 Å². The Morgan fingerprint density at radius 1 is 1.80 bits per heavy atom. The van der Waals surface area contributed by atoms with Crippen molar-refractivity contribution in [2.45, 2.75) is 11.9 Å². The lowest BCUT2D eigenvalue weighted by Crippen LogP contribution is -2.14. The van der Waals surface area contributed by atoms with Crippen molar-refractivity contribution in [3.05, 3.63) is 20.3 Å². The Morgan fingerprint density at radius 3 is 3.07 bits per heavy atom. The molecule has 7 heteroatoms. The third kappa shape index (κ3) is 3.49. The van der Waals surface area contributed by atoms with Crippen LogP contribution in [0.2, 0.25) is 0 Å². The van der Waals surface area contributed by atoms with Crippen molar-refractivity contribution >= 4 is 40.3 Å². The summed E-state index contributed by atoms with van der Waals surface area (Å²) in [6.45, 7) is 1.62. The molecule has 15 heavy (non-hydrogen) atoms. The third-order valence-corrected chi connectivity index (χ3v) is 4.27. The Balaban J connectivity index is 2.70. The van der Waals surface area contributed by atoms with Crippen LogP contribution in [0.25, 0.3) is 0 Å². The van der Waals surface area contributed by atoms with Crippen LogP contribution < -0.4 is 5.56 Å². The van der Waals surface area contributed by atoms with E-state index in [1.165, 1.54) is 18.1 Å². The number of rotatable bonds is 4. The van der Waals surface area contributed by atoms with E-state index < -0.39 is 11.9 Å². The highest BCUT2D eigenvalue weighted by Gasteiger charge is 2.13. The topological polar surface area (TPSA) is 83.0 Å². The van der Waals surface area contributed by atoms with Gasteiger partial charge in [0.2, 0.25) is 0 Å². The number of hydrogen-bond acceptors (Lipinski definition) is 4. The normalized spacial score (nSPS) is 12.4. The Morgan fingerprint density at radius 2 is 2.47 bits per heavy atom. The largest absolute Gasteiger partial charge is 0.481 e. The van der Waals surface area contributed by atoms with Gasteiger partial charge in [0.05, 0.1) is 12.2 Å². The van der Waals surface area contributed by atoms with Crippen LogP contribution in [0.3, 0.4) is 0 Å². The van der Waals surface area contributed by atoms with Gasteiger partial charge in [-0.05, 0) is 22.6 Å². The van der Waals surface area contributed by atoms with Crippen molar-refractivity contribution in [2.75, 3.05) is 5.75 Å². The number of aliphatic carboxylic acids is 1. The number of thioether (sulfide) groups is 1. The minimum absolute atomic E-state index is 0.198. The van der Waals surface area contributed by atoms with Crippen molar-refractivity contribution in [1.82, 2.24) is 9.97 Å². The summed E-state index contributed by atoms with van der Waals surface area (Å²) in [5.41, 5.74) is -0.198. The van der Waals surface area contributed by atoms with Gasteiger partial charge in [0, 0.05) is 5.75 Å². The molecule has 5 nitrogen and oxygen atoms in total. The molecule has 0 aliphatic rings. The van der Waals surface area contributed by atoms with Crippen molar-refractivity contribution in [3.63, 3.8) is 0 Å². The predicted octanol–water partition coefficient (Wildman–Crippen LogP) is 1.19. The van der Waals surface area contributed by atoms with Gasteiger partial charge in [-0.3, -0.25) is 9.59 Å². The second-order valence-corrected chi connectivity index (χ2v) is 4.99. The average Bonchev–Trinajstić information content (AvgIpc) is 2.19. The maximum atomic E-state index is 11.2. The molecule has 0 bridgehead atoms. The van der Waals surface area contributed by atoms with E-state index >= 15 is 0 Å². The lowest BCUT2D eigenvalue weighted by Gasteiger charge is -2.05. The molecule has 1 aromatic rings. The number of halogens is 1. The fourth-order valence-electron chi connectivity index (χ4n) is 0.743. The zero-order valence-corrected chi connectivity index (χ0v) is 10.8. The fraction of sp³-hybridized carbons (Fsp3) is 0.375. The summed E-state index contributed by atoms with van der Waals surface area (Å²) in [6.07, 6.45) is 1.32. The number of H-pyrrole nitrogens is 1. The van der Waals surface area contributed by atoms with Crippen LogP contribution in [-0.2, 0) is 4.79 Å². The minimum atomic E-state index is -0.845. The highest BCUT2D eigenvalue weighted by atomic mass is 127. The number of carbonyl (C=O) groups is 1. The number of aromatic nitrogens is 2. The summed E-state index contributed by atoms with van der Waals surface area (Å²) in [6, 6.07) is 0. The summed E-state index contributed by atoms with van der Waals surface area (Å²) in [5.74, 6) is -0.892. The molecule has 1 unspecified atom stereocenters. The summed E-state index contributed by atoms with van der Waals surface area (Å²) in [7, 11) is 0. The molecule has 0 amide bonds. The quantitative estimate of drug-likeness (QED) is 0.489. The minimum Gasteiger partial charge on any atom is -0.481 e. The van der Waals surface area contributed by atoms with Gasteiger partial charge < -0.3 is 10.1 Å². The molecule has 0 saturated heterocycles. The number of nitrogens with zero attached hydrogens (tertiary/aromatic N) is 1. The molecular formula is C8H9IN2O3S. The van der Waals surface area contributed by atoms with E-state index in [0.29, 0.717) is 14.3 Å². The first-order chi connectivity index (χ1) is 7.02. The molecule has 0 radical (unpaired) electrons. The molecule has 0 aliphatic heterocycles. The number of carboxylic acids is 1. The van der Waals surface area contributed by atoms with Crippen LogP contribution in [0.5, 0.6) is 0 Å². The molecule has 82 valence electrons. The fourth-order valence-corrected chi connectivity index (χ4v) is 2.40. The van der Waals surface area contributed by atoms with Gasteiger partial charge in [-0.2, -0.15) is 0 Å². The number of carboxylic acid groups (broad SMARTS) is 1. The predicted molar refractivity (Wildman–Crippen MR) is 65.1 cm³/mol. The highest BCUT2D eigenvalue weighted by Crippen LogP contribution is 2.21. The van der Waals surface area contributed by atoms with Gasteiger partial charge in [-0.25, -0.2) is 4.98 Å². The first-order valence-corrected chi connectivity index (χ1v) is 6.17. The number of hydrogen-bond donors (Lipinski definition) is 2. The monoisotopic (exact) mass is 340 g/mol. The molecule has 1 aromatic heterocycles. The van der Waals surface area contributed by atoms with Crippen LogP contribution in [0, 0.1) is 9.49 Å². The lowest BCUT2D eigenvalue weighted by atomic mass is 10.2. The molecule has 1 rings (SSSR count). The van der Waals surface area contributed by atoms with E-state index in [2.05, 4.69) is 9.97 Å². The molecule has 2 N–H and O–H groups in total. The molecule has 0 aromatic carbocycles. The Kier molecular flexibility index (Phi) is 4.58. The van der Waals surface area contributed by atoms with Gasteiger partial charge in [0.15, 0.2) is 0 Å². The first kappa shape index (κ1) is 12.5. The van der Waals surface area contributed by atoms with Crippen LogP contribution in [0.4, 0.5) is 0 Å².